The quantitative estimate of drug-likeness (QED) is 0.602. The monoisotopic (exact) mass is 441 g/mol. The van der Waals surface area contributed by atoms with Crippen molar-refractivity contribution >= 4 is 23.6 Å². The van der Waals surface area contributed by atoms with Gasteiger partial charge in [-0.05, 0) is 55.5 Å². The van der Waals surface area contributed by atoms with E-state index in [9.17, 15) is 14.4 Å². The second-order valence-corrected chi connectivity index (χ2v) is 7.95. The van der Waals surface area contributed by atoms with Crippen molar-refractivity contribution in [1.29, 1.82) is 0 Å². The molecule has 0 bridgehead atoms. The zero-order valence-electron chi connectivity index (χ0n) is 18.6. The number of nitrogens with zero attached hydrogens (tertiary/aromatic N) is 1. The molecule has 0 radical (unpaired) electrons. The SMILES string of the molecule is CCOC(=O)c1cccc(NC(=O)N2CC[C@@H](CC(=O)NCc3ccco3)[C@H](CC)C2)c1. The van der Waals surface area contributed by atoms with Crippen molar-refractivity contribution in [3.05, 3.63) is 54.0 Å². The third-order valence-electron chi connectivity index (χ3n) is 5.82. The highest BCUT2D eigenvalue weighted by Gasteiger charge is 2.31. The average molecular weight is 442 g/mol. The second kappa shape index (κ2) is 11.4. The Kier molecular flexibility index (Phi) is 8.30. The normalized spacial score (nSPS) is 18.1. The standard InChI is InChI=1S/C24H31N3O5/c1-3-17-16-27(11-10-18(17)14-22(28)25-15-21-9-6-12-32-21)24(30)26-20-8-5-7-19(13-20)23(29)31-4-2/h5-9,12-13,17-18H,3-4,10-11,14-16H2,1-2H3,(H,25,28)(H,26,30)/t17-,18+/m1/s1. The molecule has 3 rings (SSSR count). The van der Waals surface area contributed by atoms with Crippen molar-refractivity contribution < 1.29 is 23.5 Å². The Hall–Kier alpha value is -3.29. The van der Waals surface area contributed by atoms with E-state index in [1.54, 1.807) is 48.4 Å². The van der Waals surface area contributed by atoms with Crippen LogP contribution in [0.1, 0.15) is 49.2 Å². The maximum absolute atomic E-state index is 12.8. The molecule has 1 aliphatic rings. The van der Waals surface area contributed by atoms with Crippen LogP contribution < -0.4 is 10.6 Å². The zero-order chi connectivity index (χ0) is 22.9. The number of carbonyl (C=O) groups excluding carboxylic acids is 3. The Bertz CT molecular complexity index is 912. The van der Waals surface area contributed by atoms with E-state index in [0.29, 0.717) is 43.9 Å². The number of piperidine rings is 1. The highest BCUT2D eigenvalue weighted by atomic mass is 16.5. The number of urea groups is 1. The van der Waals surface area contributed by atoms with Crippen LogP contribution >= 0.6 is 0 Å². The summed E-state index contributed by atoms with van der Waals surface area (Å²) in [6, 6.07) is 10.1. The summed E-state index contributed by atoms with van der Waals surface area (Å²) in [6.07, 6.45) is 3.68. The Morgan fingerprint density at radius 2 is 2.00 bits per heavy atom. The molecular weight excluding hydrogens is 410 g/mol. The fourth-order valence-electron chi connectivity index (χ4n) is 4.05. The molecule has 1 aromatic heterocycles. The first-order valence-corrected chi connectivity index (χ1v) is 11.1. The molecule has 8 heteroatoms. The van der Waals surface area contributed by atoms with Crippen molar-refractivity contribution in [2.45, 2.75) is 39.7 Å². The number of hydrogen-bond donors (Lipinski definition) is 2. The fraction of sp³-hybridized carbons (Fsp3) is 0.458. The van der Waals surface area contributed by atoms with Gasteiger partial charge in [0.05, 0.1) is 25.0 Å². The summed E-state index contributed by atoms with van der Waals surface area (Å²) in [5.41, 5.74) is 0.948. The van der Waals surface area contributed by atoms with Crippen LogP contribution in [0.2, 0.25) is 0 Å². The lowest BCUT2D eigenvalue weighted by molar-refractivity contribution is -0.123. The van der Waals surface area contributed by atoms with Gasteiger partial charge in [0.15, 0.2) is 0 Å². The van der Waals surface area contributed by atoms with Gasteiger partial charge >= 0.3 is 12.0 Å². The summed E-state index contributed by atoms with van der Waals surface area (Å²) < 4.78 is 10.3. The van der Waals surface area contributed by atoms with E-state index >= 15 is 0 Å². The van der Waals surface area contributed by atoms with E-state index in [-0.39, 0.29) is 23.8 Å². The van der Waals surface area contributed by atoms with Crippen LogP contribution in [0.25, 0.3) is 0 Å². The van der Waals surface area contributed by atoms with Gasteiger partial charge in [-0.2, -0.15) is 0 Å². The predicted molar refractivity (Wildman–Crippen MR) is 120 cm³/mol. The maximum Gasteiger partial charge on any atom is 0.338 e. The molecule has 0 unspecified atom stereocenters. The van der Waals surface area contributed by atoms with Crippen molar-refractivity contribution in [2.24, 2.45) is 11.8 Å². The fourth-order valence-corrected chi connectivity index (χ4v) is 4.05. The molecule has 2 aromatic rings. The Morgan fingerprint density at radius 3 is 2.72 bits per heavy atom. The molecule has 32 heavy (non-hydrogen) atoms. The number of hydrogen-bond acceptors (Lipinski definition) is 5. The van der Waals surface area contributed by atoms with Crippen molar-refractivity contribution in [2.75, 3.05) is 25.0 Å². The predicted octanol–water partition coefficient (Wildman–Crippen LogP) is 4.04. The Morgan fingerprint density at radius 1 is 1.16 bits per heavy atom. The van der Waals surface area contributed by atoms with Crippen LogP contribution in [0.15, 0.2) is 47.1 Å². The number of likely N-dealkylation sites (tertiary alicyclic amines) is 1. The summed E-state index contributed by atoms with van der Waals surface area (Å²) in [6.45, 7) is 5.69. The lowest BCUT2D eigenvalue weighted by Gasteiger charge is -2.38. The second-order valence-electron chi connectivity index (χ2n) is 7.95. The molecule has 3 amide bonds. The number of benzene rings is 1. The van der Waals surface area contributed by atoms with Gasteiger partial charge in [0, 0.05) is 25.2 Å². The third kappa shape index (κ3) is 6.35. The number of furan rings is 1. The van der Waals surface area contributed by atoms with Crippen LogP contribution in [-0.4, -0.2) is 42.5 Å². The molecule has 1 saturated heterocycles. The summed E-state index contributed by atoms with van der Waals surface area (Å²) in [7, 11) is 0. The first kappa shape index (κ1) is 23.4. The molecule has 172 valence electrons. The summed E-state index contributed by atoms with van der Waals surface area (Å²) in [5, 5.41) is 5.78. The molecule has 1 fully saturated rings. The summed E-state index contributed by atoms with van der Waals surface area (Å²) in [4.78, 5) is 38.9. The minimum atomic E-state index is -0.416. The molecule has 8 nitrogen and oxygen atoms in total. The van der Waals surface area contributed by atoms with Gasteiger partial charge < -0.3 is 24.7 Å². The molecular formula is C24H31N3O5. The largest absolute Gasteiger partial charge is 0.467 e. The number of nitrogens with one attached hydrogen (secondary N) is 2. The zero-order valence-corrected chi connectivity index (χ0v) is 18.6. The van der Waals surface area contributed by atoms with Crippen LogP contribution in [0, 0.1) is 11.8 Å². The number of ether oxygens (including phenoxy) is 1. The number of anilines is 1. The van der Waals surface area contributed by atoms with Gasteiger partial charge in [-0.15, -0.1) is 0 Å². The molecule has 0 aliphatic carbocycles. The molecule has 1 aliphatic heterocycles. The first-order valence-electron chi connectivity index (χ1n) is 11.1. The van der Waals surface area contributed by atoms with Gasteiger partial charge in [-0.25, -0.2) is 9.59 Å². The minimum Gasteiger partial charge on any atom is -0.467 e. The lowest BCUT2D eigenvalue weighted by atomic mass is 9.81. The van der Waals surface area contributed by atoms with Gasteiger partial charge in [0.2, 0.25) is 5.91 Å². The Balaban J connectivity index is 1.51. The maximum atomic E-state index is 12.8. The molecule has 2 heterocycles. The highest BCUT2D eigenvalue weighted by Crippen LogP contribution is 2.29. The van der Waals surface area contributed by atoms with Crippen molar-refractivity contribution in [1.82, 2.24) is 10.2 Å². The molecule has 2 atom stereocenters. The van der Waals surface area contributed by atoms with Crippen LogP contribution in [0.5, 0.6) is 0 Å². The third-order valence-corrected chi connectivity index (χ3v) is 5.82. The van der Waals surface area contributed by atoms with E-state index in [4.69, 9.17) is 9.15 Å². The van der Waals surface area contributed by atoms with E-state index < -0.39 is 5.97 Å². The number of esters is 1. The first-order chi connectivity index (χ1) is 15.5. The lowest BCUT2D eigenvalue weighted by Crippen LogP contribution is -2.46. The van der Waals surface area contributed by atoms with Crippen LogP contribution in [0.3, 0.4) is 0 Å². The summed E-state index contributed by atoms with van der Waals surface area (Å²) in [5.74, 6) is 0.783. The van der Waals surface area contributed by atoms with Crippen molar-refractivity contribution in [3.63, 3.8) is 0 Å². The number of carbonyl (C=O) groups is 3. The molecule has 2 N–H and O–H groups in total. The van der Waals surface area contributed by atoms with E-state index in [2.05, 4.69) is 17.6 Å². The minimum absolute atomic E-state index is 0.00136. The van der Waals surface area contributed by atoms with Crippen LogP contribution in [-0.2, 0) is 16.1 Å². The number of rotatable bonds is 8. The smallest absolute Gasteiger partial charge is 0.338 e. The Labute approximate surface area is 188 Å². The van der Waals surface area contributed by atoms with E-state index in [0.717, 1.165) is 18.6 Å². The summed E-state index contributed by atoms with van der Waals surface area (Å²) >= 11 is 0. The van der Waals surface area contributed by atoms with E-state index in [1.807, 2.05) is 6.07 Å². The molecule has 1 aromatic carbocycles. The number of amides is 3. The van der Waals surface area contributed by atoms with Crippen molar-refractivity contribution in [3.8, 4) is 0 Å². The average Bonchev–Trinajstić information content (AvgIpc) is 3.32. The van der Waals surface area contributed by atoms with E-state index in [1.165, 1.54) is 0 Å². The molecule has 0 saturated carbocycles. The van der Waals surface area contributed by atoms with Gasteiger partial charge in [-0.3, -0.25) is 4.79 Å². The molecule has 0 spiro atoms. The topological polar surface area (TPSA) is 101 Å². The van der Waals surface area contributed by atoms with Gasteiger partial charge in [0.1, 0.15) is 5.76 Å². The van der Waals surface area contributed by atoms with Crippen LogP contribution in [0.4, 0.5) is 10.5 Å². The van der Waals surface area contributed by atoms with Gasteiger partial charge in [0.25, 0.3) is 0 Å². The highest BCUT2D eigenvalue weighted by molar-refractivity contribution is 5.94. The van der Waals surface area contributed by atoms with Gasteiger partial charge in [-0.1, -0.05) is 19.4 Å².